The zero-order valence-electron chi connectivity index (χ0n) is 16.6. The van der Waals surface area contributed by atoms with Crippen molar-refractivity contribution >= 4 is 40.3 Å². The van der Waals surface area contributed by atoms with Gasteiger partial charge in [0.25, 0.3) is 0 Å². The van der Waals surface area contributed by atoms with Crippen molar-refractivity contribution in [1.29, 1.82) is 0 Å². The Morgan fingerprint density at radius 2 is 2.11 bits per heavy atom. The van der Waals surface area contributed by atoms with Gasteiger partial charge in [0.2, 0.25) is 0 Å². The zero-order chi connectivity index (χ0) is 19.6. The number of fused-ring (bicyclic) bond motifs is 3. The molecule has 0 aliphatic heterocycles. The third-order valence-corrected chi connectivity index (χ3v) is 4.78. The van der Waals surface area contributed by atoms with Crippen molar-refractivity contribution in [1.82, 2.24) is 14.9 Å². The average molecular weight is 364 g/mol. The van der Waals surface area contributed by atoms with Gasteiger partial charge in [0.1, 0.15) is 11.6 Å². The number of aromatic nitrogens is 2. The molecule has 3 N–H and O–H groups in total. The summed E-state index contributed by atoms with van der Waals surface area (Å²) in [6.07, 6.45) is 6.38. The molecule has 0 unspecified atom stereocenters. The number of rotatable bonds is 6. The summed E-state index contributed by atoms with van der Waals surface area (Å²) in [5.74, 6) is 1.09. The first kappa shape index (κ1) is 19.0. The Balaban J connectivity index is 2.23. The third-order valence-electron chi connectivity index (χ3n) is 4.78. The molecule has 142 valence electrons. The molecule has 0 aliphatic rings. The number of hydrogen-bond acceptors (Lipinski definition) is 4. The number of pyridine rings is 1. The highest BCUT2D eigenvalue weighted by molar-refractivity contribution is 6.13. The van der Waals surface area contributed by atoms with Gasteiger partial charge in [0.05, 0.1) is 10.9 Å². The van der Waals surface area contributed by atoms with Crippen LogP contribution in [-0.2, 0) is 0 Å². The molecule has 2 heterocycles. The Labute approximate surface area is 159 Å². The molecule has 0 aliphatic carbocycles. The van der Waals surface area contributed by atoms with Crippen LogP contribution in [0.2, 0.25) is 0 Å². The maximum absolute atomic E-state index is 10.1. The minimum absolute atomic E-state index is 0.225. The Hall–Kier alpha value is -2.79. The van der Waals surface area contributed by atoms with Crippen molar-refractivity contribution in [3.05, 3.63) is 46.2 Å². The molecule has 0 fully saturated rings. The number of hydrogen-bond donors (Lipinski definition) is 3. The number of aryl methyl sites for hydroxylation is 1. The largest absolute Gasteiger partial charge is 0.508 e. The van der Waals surface area contributed by atoms with E-state index >= 15 is 0 Å². The minimum Gasteiger partial charge on any atom is -0.508 e. The van der Waals surface area contributed by atoms with Crippen LogP contribution in [0, 0.1) is 6.92 Å². The van der Waals surface area contributed by atoms with Crippen molar-refractivity contribution in [3.63, 3.8) is 0 Å². The summed E-state index contributed by atoms with van der Waals surface area (Å²) in [4.78, 5) is 10.4. The van der Waals surface area contributed by atoms with Gasteiger partial charge in [0, 0.05) is 23.6 Å². The topological polar surface area (TPSA) is 64.2 Å². The van der Waals surface area contributed by atoms with Crippen molar-refractivity contribution in [3.8, 4) is 0 Å². The van der Waals surface area contributed by atoms with Crippen molar-refractivity contribution in [2.24, 2.45) is 0 Å². The monoisotopic (exact) mass is 364 g/mol. The summed E-state index contributed by atoms with van der Waals surface area (Å²) in [5, 5.41) is 17.5. The molecule has 3 aromatic rings. The van der Waals surface area contributed by atoms with Gasteiger partial charge in [-0.05, 0) is 75.1 Å². The smallest absolute Gasteiger partial charge is 0.136 e. The highest BCUT2D eigenvalue weighted by atomic mass is 16.3. The van der Waals surface area contributed by atoms with Gasteiger partial charge in [-0.15, -0.1) is 0 Å². The van der Waals surface area contributed by atoms with Gasteiger partial charge < -0.3 is 20.3 Å². The first-order chi connectivity index (χ1) is 12.9. The maximum atomic E-state index is 10.1. The molecule has 0 saturated heterocycles. The quantitative estimate of drug-likeness (QED) is 0.465. The van der Waals surface area contributed by atoms with E-state index in [1.807, 2.05) is 25.3 Å². The molecule has 2 aromatic heterocycles. The second kappa shape index (κ2) is 7.84. The second-order valence-corrected chi connectivity index (χ2v) is 7.17. The van der Waals surface area contributed by atoms with Gasteiger partial charge >= 0.3 is 0 Å². The Kier molecular flexibility index (Phi) is 5.51. The fourth-order valence-electron chi connectivity index (χ4n) is 3.31. The highest BCUT2D eigenvalue weighted by Crippen LogP contribution is 2.29. The second-order valence-electron chi connectivity index (χ2n) is 7.17. The molecule has 5 nitrogen and oxygen atoms in total. The molecule has 27 heavy (non-hydrogen) atoms. The zero-order valence-corrected chi connectivity index (χ0v) is 16.6. The number of benzene rings is 1. The summed E-state index contributed by atoms with van der Waals surface area (Å²) >= 11 is 0. The lowest BCUT2D eigenvalue weighted by Crippen LogP contribution is -2.23. The molecule has 1 aromatic carbocycles. The fraction of sp³-hybridized carbons (Fsp3) is 0.318. The van der Waals surface area contributed by atoms with Crippen LogP contribution in [0.4, 0.5) is 5.82 Å². The lowest BCUT2D eigenvalue weighted by molar-refractivity contribution is 0.405. The molecule has 0 atom stereocenters. The molecular weight excluding hydrogens is 336 g/mol. The highest BCUT2D eigenvalue weighted by Gasteiger charge is 2.13. The van der Waals surface area contributed by atoms with Crippen molar-refractivity contribution < 1.29 is 5.11 Å². The van der Waals surface area contributed by atoms with Gasteiger partial charge in [-0.3, -0.25) is 0 Å². The van der Waals surface area contributed by atoms with E-state index < -0.39 is 0 Å². The van der Waals surface area contributed by atoms with Gasteiger partial charge in [0.15, 0.2) is 0 Å². The van der Waals surface area contributed by atoms with E-state index in [0.717, 1.165) is 63.1 Å². The van der Waals surface area contributed by atoms with E-state index in [1.165, 1.54) is 0 Å². The van der Waals surface area contributed by atoms with E-state index in [9.17, 15) is 5.11 Å². The van der Waals surface area contributed by atoms with Crippen LogP contribution in [0.3, 0.4) is 0 Å². The predicted molar refractivity (Wildman–Crippen MR) is 116 cm³/mol. The number of nitrogens with one attached hydrogen (secondary N) is 2. The Bertz CT molecular complexity index is 1110. The van der Waals surface area contributed by atoms with E-state index in [-0.39, 0.29) is 5.76 Å². The van der Waals surface area contributed by atoms with Crippen LogP contribution in [0.5, 0.6) is 0 Å². The third kappa shape index (κ3) is 3.83. The van der Waals surface area contributed by atoms with Crippen molar-refractivity contribution in [2.45, 2.75) is 20.3 Å². The molecule has 3 rings (SSSR count). The molecule has 5 heteroatoms. The lowest BCUT2D eigenvalue weighted by atomic mass is 10.1. The number of H-pyrrole nitrogens is 1. The van der Waals surface area contributed by atoms with Crippen LogP contribution in [0.25, 0.3) is 34.5 Å². The molecule has 0 amide bonds. The molecule has 0 radical (unpaired) electrons. The molecular formula is C22H28N4O. The van der Waals surface area contributed by atoms with E-state index in [1.54, 1.807) is 12.2 Å². The normalized spacial score (nSPS) is 13.2. The van der Waals surface area contributed by atoms with Crippen LogP contribution >= 0.6 is 0 Å². The van der Waals surface area contributed by atoms with Gasteiger partial charge in [-0.1, -0.05) is 12.6 Å². The van der Waals surface area contributed by atoms with Crippen LogP contribution < -0.4 is 15.8 Å². The van der Waals surface area contributed by atoms with Crippen LogP contribution in [0.15, 0.2) is 30.2 Å². The molecule has 0 bridgehead atoms. The Morgan fingerprint density at radius 3 is 2.81 bits per heavy atom. The number of anilines is 1. The van der Waals surface area contributed by atoms with Crippen molar-refractivity contribution in [2.75, 3.05) is 32.5 Å². The first-order valence-corrected chi connectivity index (χ1v) is 9.27. The van der Waals surface area contributed by atoms with Crippen LogP contribution in [0.1, 0.15) is 18.9 Å². The van der Waals surface area contributed by atoms with Gasteiger partial charge in [-0.2, -0.15) is 0 Å². The SMILES string of the molecule is C=c1ccc2[nH]c3c(C)cnc(NCCCN(C)C)c3c2/c1=C/C(O)=C\C. The first-order valence-electron chi connectivity index (χ1n) is 9.27. The predicted octanol–water partition coefficient (Wildman–Crippen LogP) is 3.04. The summed E-state index contributed by atoms with van der Waals surface area (Å²) in [7, 11) is 4.15. The van der Waals surface area contributed by atoms with E-state index in [4.69, 9.17) is 0 Å². The van der Waals surface area contributed by atoms with Crippen LogP contribution in [-0.4, -0.2) is 47.2 Å². The number of aromatic amines is 1. The Morgan fingerprint density at radius 1 is 1.33 bits per heavy atom. The lowest BCUT2D eigenvalue weighted by Gasteiger charge is -2.11. The number of aliphatic hydroxyl groups excluding tert-OH is 1. The fourth-order valence-corrected chi connectivity index (χ4v) is 3.31. The standard InChI is InChI=1S/C22H28N4O/c1-6-16(27)12-17-14(2)8-9-18-19(17)20-21(25-18)15(3)13-24-22(20)23-10-7-11-26(4)5/h6,8-9,12-13,25,27H,2,7,10-11H2,1,3-5H3,(H,23,24)/b16-6+,17-12+. The number of aliphatic hydroxyl groups is 1. The summed E-state index contributed by atoms with van der Waals surface area (Å²) in [5.41, 5.74) is 3.17. The van der Waals surface area contributed by atoms with Gasteiger partial charge in [-0.25, -0.2) is 4.98 Å². The molecule has 0 saturated carbocycles. The molecule has 0 spiro atoms. The van der Waals surface area contributed by atoms with E-state index in [0.29, 0.717) is 0 Å². The maximum Gasteiger partial charge on any atom is 0.136 e. The minimum atomic E-state index is 0.225. The summed E-state index contributed by atoms with van der Waals surface area (Å²) in [6, 6.07) is 4.01. The van der Waals surface area contributed by atoms with E-state index in [2.05, 4.69) is 47.8 Å². The number of nitrogens with zero attached hydrogens (tertiary/aromatic N) is 2. The summed E-state index contributed by atoms with van der Waals surface area (Å²) < 4.78 is 0. The average Bonchev–Trinajstić information content (AvgIpc) is 3.03. The summed E-state index contributed by atoms with van der Waals surface area (Å²) in [6.45, 7) is 9.90. The number of allylic oxidation sites excluding steroid dienone is 2.